The lowest BCUT2D eigenvalue weighted by atomic mass is 10.2. The average molecular weight is 401 g/mol. The fourth-order valence-electron chi connectivity index (χ4n) is 2.03. The monoisotopic (exact) mass is 400 g/mol. The Morgan fingerprint density at radius 1 is 1.00 bits per heavy atom. The van der Waals surface area contributed by atoms with Gasteiger partial charge in [0.1, 0.15) is 11.5 Å². The molecule has 0 unspecified atom stereocenters. The number of anilines is 1. The molecule has 2 amide bonds. The highest BCUT2D eigenvalue weighted by atomic mass is 79.9. The first-order valence-corrected chi connectivity index (χ1v) is 8.08. The molecule has 2 heterocycles. The summed E-state index contributed by atoms with van der Waals surface area (Å²) in [6, 6.07) is 13.6. The van der Waals surface area contributed by atoms with Gasteiger partial charge in [-0.05, 0) is 42.5 Å². The van der Waals surface area contributed by atoms with E-state index in [0.29, 0.717) is 11.4 Å². The molecule has 3 rings (SSSR count). The van der Waals surface area contributed by atoms with Crippen LogP contribution in [-0.4, -0.2) is 11.8 Å². The van der Waals surface area contributed by atoms with Crippen molar-refractivity contribution in [3.63, 3.8) is 0 Å². The highest BCUT2D eigenvalue weighted by Crippen LogP contribution is 2.17. The van der Waals surface area contributed by atoms with Crippen LogP contribution in [0.3, 0.4) is 0 Å². The van der Waals surface area contributed by atoms with Crippen molar-refractivity contribution in [1.82, 2.24) is 5.32 Å². The second kappa shape index (κ2) is 7.67. The number of benzene rings is 1. The minimum Gasteiger partial charge on any atom is -0.465 e. The van der Waals surface area contributed by atoms with E-state index < -0.39 is 11.8 Å². The lowest BCUT2D eigenvalue weighted by Crippen LogP contribution is -2.30. The minimum atomic E-state index is -0.535. The molecule has 0 aliphatic rings. The zero-order chi connectivity index (χ0) is 17.6. The van der Waals surface area contributed by atoms with E-state index in [1.54, 1.807) is 36.4 Å². The Morgan fingerprint density at radius 2 is 1.80 bits per heavy atom. The first-order chi connectivity index (χ1) is 12.1. The van der Waals surface area contributed by atoms with Crippen molar-refractivity contribution in [2.75, 3.05) is 5.32 Å². The molecule has 0 bridgehead atoms. The van der Waals surface area contributed by atoms with Crippen LogP contribution in [-0.2, 0) is 4.79 Å². The molecular weight excluding hydrogens is 388 g/mol. The summed E-state index contributed by atoms with van der Waals surface area (Å²) >= 11 is 3.34. The SMILES string of the molecule is O=C(Nc1cccc(Br)c1)/C(=C\c1ccco1)NC(=O)c1ccco1. The van der Waals surface area contributed by atoms with Gasteiger partial charge in [0.15, 0.2) is 5.76 Å². The number of hydrogen-bond acceptors (Lipinski definition) is 4. The second-order valence-corrected chi connectivity index (χ2v) is 5.89. The van der Waals surface area contributed by atoms with Crippen LogP contribution < -0.4 is 10.6 Å². The predicted octanol–water partition coefficient (Wildman–Crippen LogP) is 4.04. The third-order valence-corrected chi connectivity index (χ3v) is 3.64. The molecule has 0 aliphatic heterocycles. The molecule has 25 heavy (non-hydrogen) atoms. The second-order valence-electron chi connectivity index (χ2n) is 4.97. The van der Waals surface area contributed by atoms with Crippen LogP contribution in [0.5, 0.6) is 0 Å². The molecule has 126 valence electrons. The maximum Gasteiger partial charge on any atom is 0.291 e. The molecule has 0 atom stereocenters. The van der Waals surface area contributed by atoms with Gasteiger partial charge in [-0.2, -0.15) is 0 Å². The summed E-state index contributed by atoms with van der Waals surface area (Å²) in [4.78, 5) is 24.8. The third kappa shape index (κ3) is 4.48. The predicted molar refractivity (Wildman–Crippen MR) is 95.6 cm³/mol. The number of halogens is 1. The van der Waals surface area contributed by atoms with E-state index in [2.05, 4.69) is 26.6 Å². The molecule has 0 aliphatic carbocycles. The summed E-state index contributed by atoms with van der Waals surface area (Å²) in [6.07, 6.45) is 4.30. The van der Waals surface area contributed by atoms with Gasteiger partial charge in [-0.25, -0.2) is 0 Å². The molecular formula is C18H13BrN2O4. The van der Waals surface area contributed by atoms with Crippen molar-refractivity contribution in [1.29, 1.82) is 0 Å². The summed E-state index contributed by atoms with van der Waals surface area (Å²) in [5.41, 5.74) is 0.605. The number of rotatable bonds is 5. The Morgan fingerprint density at radius 3 is 2.48 bits per heavy atom. The van der Waals surface area contributed by atoms with Crippen LogP contribution >= 0.6 is 15.9 Å². The first-order valence-electron chi connectivity index (χ1n) is 7.29. The number of furan rings is 2. The van der Waals surface area contributed by atoms with Crippen LogP contribution in [0.4, 0.5) is 5.69 Å². The summed E-state index contributed by atoms with van der Waals surface area (Å²) < 4.78 is 11.1. The van der Waals surface area contributed by atoms with Gasteiger partial charge in [0.05, 0.1) is 12.5 Å². The summed E-state index contributed by atoms with van der Waals surface area (Å²) in [5.74, 6) is -0.499. The Hall–Kier alpha value is -3.06. The Labute approximate surface area is 151 Å². The van der Waals surface area contributed by atoms with Crippen molar-refractivity contribution in [3.05, 3.63) is 82.7 Å². The maximum atomic E-state index is 12.6. The molecule has 0 radical (unpaired) electrons. The van der Waals surface area contributed by atoms with Gasteiger partial charge in [0.25, 0.3) is 11.8 Å². The molecule has 0 saturated heterocycles. The molecule has 3 aromatic rings. The highest BCUT2D eigenvalue weighted by molar-refractivity contribution is 9.10. The Bertz CT molecular complexity index is 899. The van der Waals surface area contributed by atoms with Gasteiger partial charge >= 0.3 is 0 Å². The van der Waals surface area contributed by atoms with Gasteiger partial charge in [-0.3, -0.25) is 9.59 Å². The number of amides is 2. The standard InChI is InChI=1S/C18H13BrN2O4/c19-12-4-1-5-13(10-12)20-17(22)15(11-14-6-2-8-24-14)21-18(23)16-7-3-9-25-16/h1-11H,(H,20,22)(H,21,23)/b15-11+. The van der Waals surface area contributed by atoms with Gasteiger partial charge in [0.2, 0.25) is 0 Å². The summed E-state index contributed by atoms with van der Waals surface area (Å²) in [6.45, 7) is 0. The van der Waals surface area contributed by atoms with Crippen molar-refractivity contribution in [2.24, 2.45) is 0 Å². The molecule has 6 nitrogen and oxygen atoms in total. The van der Waals surface area contributed by atoms with E-state index in [1.807, 2.05) is 6.07 Å². The molecule has 2 aromatic heterocycles. The molecule has 7 heteroatoms. The zero-order valence-electron chi connectivity index (χ0n) is 12.9. The number of nitrogens with one attached hydrogen (secondary N) is 2. The molecule has 2 N–H and O–H groups in total. The van der Waals surface area contributed by atoms with E-state index in [-0.39, 0.29) is 11.5 Å². The van der Waals surface area contributed by atoms with Crippen molar-refractivity contribution in [2.45, 2.75) is 0 Å². The zero-order valence-corrected chi connectivity index (χ0v) is 14.4. The Kier molecular flexibility index (Phi) is 5.15. The minimum absolute atomic E-state index is 0.0244. The molecule has 0 fully saturated rings. The smallest absolute Gasteiger partial charge is 0.291 e. The van der Waals surface area contributed by atoms with E-state index >= 15 is 0 Å². The van der Waals surface area contributed by atoms with Crippen LogP contribution in [0.1, 0.15) is 16.3 Å². The fourth-order valence-corrected chi connectivity index (χ4v) is 2.43. The molecule has 0 spiro atoms. The van der Waals surface area contributed by atoms with Crippen molar-refractivity contribution in [3.8, 4) is 0 Å². The summed E-state index contributed by atoms with van der Waals surface area (Å²) in [7, 11) is 0. The maximum absolute atomic E-state index is 12.6. The van der Waals surface area contributed by atoms with Gasteiger partial charge in [-0.1, -0.05) is 22.0 Å². The third-order valence-electron chi connectivity index (χ3n) is 3.15. The topological polar surface area (TPSA) is 84.5 Å². The van der Waals surface area contributed by atoms with Crippen LogP contribution in [0, 0.1) is 0 Å². The number of carbonyl (C=O) groups excluding carboxylic acids is 2. The van der Waals surface area contributed by atoms with E-state index in [4.69, 9.17) is 8.83 Å². The number of carbonyl (C=O) groups is 2. The van der Waals surface area contributed by atoms with Crippen LogP contribution in [0.2, 0.25) is 0 Å². The molecule has 0 saturated carbocycles. The van der Waals surface area contributed by atoms with E-state index in [0.717, 1.165) is 4.47 Å². The summed E-state index contributed by atoms with van der Waals surface area (Å²) in [5, 5.41) is 5.26. The van der Waals surface area contributed by atoms with Gasteiger partial charge in [0, 0.05) is 16.2 Å². The first kappa shape index (κ1) is 16.8. The van der Waals surface area contributed by atoms with Crippen LogP contribution in [0.15, 0.2) is 80.1 Å². The quantitative estimate of drug-likeness (QED) is 0.632. The number of hydrogen-bond donors (Lipinski definition) is 2. The van der Waals surface area contributed by atoms with Crippen molar-refractivity contribution >= 4 is 39.5 Å². The highest BCUT2D eigenvalue weighted by Gasteiger charge is 2.17. The van der Waals surface area contributed by atoms with Crippen LogP contribution in [0.25, 0.3) is 6.08 Å². The van der Waals surface area contributed by atoms with Gasteiger partial charge < -0.3 is 19.5 Å². The van der Waals surface area contributed by atoms with Crippen molar-refractivity contribution < 1.29 is 18.4 Å². The lowest BCUT2D eigenvalue weighted by Gasteiger charge is -2.10. The average Bonchev–Trinajstić information content (AvgIpc) is 3.28. The van der Waals surface area contributed by atoms with E-state index in [1.165, 1.54) is 24.7 Å². The fraction of sp³-hybridized carbons (Fsp3) is 0. The Balaban J connectivity index is 1.83. The molecule has 1 aromatic carbocycles. The van der Waals surface area contributed by atoms with Gasteiger partial charge in [-0.15, -0.1) is 0 Å². The normalized spacial score (nSPS) is 11.2. The largest absolute Gasteiger partial charge is 0.465 e. The van der Waals surface area contributed by atoms with E-state index in [9.17, 15) is 9.59 Å². The lowest BCUT2D eigenvalue weighted by molar-refractivity contribution is -0.113.